The van der Waals surface area contributed by atoms with Crippen molar-refractivity contribution in [2.24, 2.45) is 4.99 Å². The molecule has 0 radical (unpaired) electrons. The summed E-state index contributed by atoms with van der Waals surface area (Å²) in [6, 6.07) is 53.3. The quantitative estimate of drug-likeness (QED) is 0.209. The van der Waals surface area contributed by atoms with Crippen LogP contribution in [0.25, 0.3) is 50.6 Å². The highest BCUT2D eigenvalue weighted by Crippen LogP contribution is 2.39. The molecule has 46 heavy (non-hydrogen) atoms. The molecule has 0 saturated carbocycles. The van der Waals surface area contributed by atoms with Crippen molar-refractivity contribution in [3.8, 4) is 34.2 Å². The van der Waals surface area contributed by atoms with Gasteiger partial charge in [-0.15, -0.1) is 0 Å². The standard InChI is InChI=1S/C41H29N5/c1-5-16-29(17-6-1)35-27-36(43-38(42-35)30-18-7-2-8-19-30)37-33-24-14-13-15-28(33)25-26-34(37)41-45-39(31-20-9-3-10-21-31)44-40(46-41)32-22-11-4-12-23-32/h1-27,36H,(H,42,43). The third-order valence-corrected chi connectivity index (χ3v) is 8.18. The number of aliphatic imine (C=N–C) groups is 1. The van der Waals surface area contributed by atoms with E-state index < -0.39 is 0 Å². The summed E-state index contributed by atoms with van der Waals surface area (Å²) in [6.07, 6.45) is 2.21. The van der Waals surface area contributed by atoms with Crippen molar-refractivity contribution in [3.05, 3.63) is 180 Å². The molecule has 5 heteroatoms. The predicted octanol–water partition coefficient (Wildman–Crippen LogP) is 9.16. The first-order chi connectivity index (χ1) is 22.8. The Labute approximate surface area is 267 Å². The van der Waals surface area contributed by atoms with Gasteiger partial charge in [-0.25, -0.2) is 15.0 Å². The summed E-state index contributed by atoms with van der Waals surface area (Å²) in [5.74, 6) is 2.68. The van der Waals surface area contributed by atoms with Crippen LogP contribution >= 0.6 is 0 Å². The van der Waals surface area contributed by atoms with Crippen molar-refractivity contribution in [1.29, 1.82) is 0 Å². The first kappa shape index (κ1) is 27.4. The van der Waals surface area contributed by atoms with Crippen molar-refractivity contribution in [3.63, 3.8) is 0 Å². The molecule has 1 atom stereocenters. The number of benzene rings is 6. The first-order valence-electron chi connectivity index (χ1n) is 15.4. The summed E-state index contributed by atoms with van der Waals surface area (Å²) in [7, 11) is 0. The molecule has 0 aliphatic carbocycles. The summed E-state index contributed by atoms with van der Waals surface area (Å²) in [5.41, 5.74) is 6.95. The fourth-order valence-corrected chi connectivity index (χ4v) is 5.95. The maximum atomic E-state index is 5.35. The molecule has 1 aromatic heterocycles. The summed E-state index contributed by atoms with van der Waals surface area (Å²) in [5, 5.41) is 5.86. The SMILES string of the molecule is C1=C(c2ccccc2)NC(c2ccccc2)=NC1c1c(-c2nc(-c3ccccc3)nc(-c3ccccc3)n2)ccc2ccccc12. The lowest BCUT2D eigenvalue weighted by Crippen LogP contribution is -2.27. The molecule has 0 saturated heterocycles. The topological polar surface area (TPSA) is 63.1 Å². The van der Waals surface area contributed by atoms with Gasteiger partial charge in [-0.1, -0.05) is 158 Å². The van der Waals surface area contributed by atoms with E-state index in [0.717, 1.165) is 55.7 Å². The van der Waals surface area contributed by atoms with Crippen LogP contribution in [0.1, 0.15) is 22.7 Å². The Morgan fingerprint density at radius 2 is 0.935 bits per heavy atom. The lowest BCUT2D eigenvalue weighted by molar-refractivity contribution is 0.887. The van der Waals surface area contributed by atoms with Crippen molar-refractivity contribution >= 4 is 22.3 Å². The van der Waals surface area contributed by atoms with Gasteiger partial charge in [0.15, 0.2) is 17.5 Å². The Morgan fingerprint density at radius 3 is 1.54 bits per heavy atom. The van der Waals surface area contributed by atoms with Crippen LogP contribution in [0.5, 0.6) is 0 Å². The molecule has 0 bridgehead atoms. The maximum Gasteiger partial charge on any atom is 0.164 e. The van der Waals surface area contributed by atoms with Gasteiger partial charge in [0.2, 0.25) is 0 Å². The van der Waals surface area contributed by atoms with Crippen LogP contribution < -0.4 is 5.32 Å². The molecule has 7 aromatic rings. The fraction of sp³-hybridized carbons (Fsp3) is 0.0244. The summed E-state index contributed by atoms with van der Waals surface area (Å²) in [4.78, 5) is 20.5. The van der Waals surface area contributed by atoms with Gasteiger partial charge in [0.25, 0.3) is 0 Å². The minimum Gasteiger partial charge on any atom is -0.340 e. The fourth-order valence-electron chi connectivity index (χ4n) is 5.95. The number of amidine groups is 1. The second-order valence-electron chi connectivity index (χ2n) is 11.1. The smallest absolute Gasteiger partial charge is 0.164 e. The minimum atomic E-state index is -0.315. The highest BCUT2D eigenvalue weighted by molar-refractivity contribution is 6.05. The highest BCUT2D eigenvalue weighted by atomic mass is 15.1. The zero-order valence-corrected chi connectivity index (χ0v) is 25.0. The van der Waals surface area contributed by atoms with Crippen molar-refractivity contribution < 1.29 is 0 Å². The van der Waals surface area contributed by atoms with Crippen LogP contribution in [-0.2, 0) is 0 Å². The van der Waals surface area contributed by atoms with E-state index in [1.54, 1.807) is 0 Å². The molecule has 6 aromatic carbocycles. The molecule has 1 N–H and O–H groups in total. The number of hydrogen-bond acceptors (Lipinski definition) is 5. The number of rotatable bonds is 6. The lowest BCUT2D eigenvalue weighted by Gasteiger charge is -2.25. The Bertz CT molecular complexity index is 2100. The van der Waals surface area contributed by atoms with Crippen molar-refractivity contribution in [2.75, 3.05) is 0 Å². The number of nitrogens with zero attached hydrogens (tertiary/aromatic N) is 4. The number of aromatic nitrogens is 3. The molecule has 5 nitrogen and oxygen atoms in total. The minimum absolute atomic E-state index is 0.315. The molecular weight excluding hydrogens is 562 g/mol. The molecule has 0 fully saturated rings. The summed E-state index contributed by atoms with van der Waals surface area (Å²) in [6.45, 7) is 0. The predicted molar refractivity (Wildman–Crippen MR) is 187 cm³/mol. The maximum absolute atomic E-state index is 5.35. The van der Waals surface area contributed by atoms with Crippen molar-refractivity contribution in [1.82, 2.24) is 20.3 Å². The zero-order valence-electron chi connectivity index (χ0n) is 25.0. The average molecular weight is 592 g/mol. The Balaban J connectivity index is 1.39. The molecule has 8 rings (SSSR count). The third kappa shape index (κ3) is 5.35. The van der Waals surface area contributed by atoms with Gasteiger partial charge in [-0.05, 0) is 28.0 Å². The highest BCUT2D eigenvalue weighted by Gasteiger charge is 2.25. The Kier molecular flexibility index (Phi) is 7.17. The number of nitrogens with one attached hydrogen (secondary N) is 1. The first-order valence-corrected chi connectivity index (χ1v) is 15.4. The van der Waals surface area contributed by atoms with Gasteiger partial charge in [-0.3, -0.25) is 4.99 Å². The van der Waals surface area contributed by atoms with E-state index in [9.17, 15) is 0 Å². The van der Waals surface area contributed by atoms with E-state index in [4.69, 9.17) is 19.9 Å². The Morgan fingerprint density at radius 1 is 0.435 bits per heavy atom. The average Bonchev–Trinajstić information content (AvgIpc) is 3.15. The van der Waals surface area contributed by atoms with E-state index in [-0.39, 0.29) is 6.04 Å². The molecular formula is C41H29N5. The van der Waals surface area contributed by atoms with Gasteiger partial charge >= 0.3 is 0 Å². The molecule has 1 aliphatic rings. The normalized spacial score (nSPS) is 14.3. The van der Waals surface area contributed by atoms with E-state index in [2.05, 4.69) is 84.2 Å². The van der Waals surface area contributed by atoms with Gasteiger partial charge in [0, 0.05) is 28.0 Å². The largest absolute Gasteiger partial charge is 0.340 e. The molecule has 0 spiro atoms. The Hall–Kier alpha value is -6.20. The van der Waals surface area contributed by atoms with Crippen LogP contribution in [0.3, 0.4) is 0 Å². The van der Waals surface area contributed by atoms with Gasteiger partial charge in [-0.2, -0.15) is 0 Å². The van der Waals surface area contributed by atoms with Crippen LogP contribution in [0, 0.1) is 0 Å². The summed E-state index contributed by atoms with van der Waals surface area (Å²) < 4.78 is 0. The van der Waals surface area contributed by atoms with Gasteiger partial charge < -0.3 is 5.32 Å². The lowest BCUT2D eigenvalue weighted by atomic mass is 9.91. The van der Waals surface area contributed by atoms with Crippen LogP contribution in [-0.4, -0.2) is 20.8 Å². The number of hydrogen-bond donors (Lipinski definition) is 1. The zero-order chi connectivity index (χ0) is 30.7. The second kappa shape index (κ2) is 12.1. The second-order valence-corrected chi connectivity index (χ2v) is 11.1. The van der Waals surface area contributed by atoms with Crippen molar-refractivity contribution in [2.45, 2.75) is 6.04 Å². The van der Waals surface area contributed by atoms with E-state index in [1.807, 2.05) is 84.9 Å². The monoisotopic (exact) mass is 591 g/mol. The molecule has 2 heterocycles. The van der Waals surface area contributed by atoms with Gasteiger partial charge in [0.05, 0.1) is 6.04 Å². The number of fused-ring (bicyclic) bond motifs is 1. The molecule has 218 valence electrons. The van der Waals surface area contributed by atoms with Crippen LogP contribution in [0.15, 0.2) is 169 Å². The molecule has 1 aliphatic heterocycles. The van der Waals surface area contributed by atoms with E-state index in [0.29, 0.717) is 17.5 Å². The van der Waals surface area contributed by atoms with E-state index in [1.165, 1.54) is 0 Å². The summed E-state index contributed by atoms with van der Waals surface area (Å²) >= 11 is 0. The van der Waals surface area contributed by atoms with Crippen LogP contribution in [0.2, 0.25) is 0 Å². The van der Waals surface area contributed by atoms with Gasteiger partial charge in [0.1, 0.15) is 5.84 Å². The molecule has 1 unspecified atom stereocenters. The third-order valence-electron chi connectivity index (χ3n) is 8.18. The van der Waals surface area contributed by atoms with E-state index >= 15 is 0 Å². The van der Waals surface area contributed by atoms with Crippen LogP contribution in [0.4, 0.5) is 0 Å². The molecule has 0 amide bonds.